The quantitative estimate of drug-likeness (QED) is 0.566. The van der Waals surface area contributed by atoms with Crippen molar-refractivity contribution in [3.8, 4) is 5.88 Å². The minimum Gasteiger partial charge on any atom is -0.401 e. The maximum Gasteiger partial charge on any atom is 0.333 e. The van der Waals surface area contributed by atoms with E-state index in [4.69, 9.17) is 9.47 Å². The van der Waals surface area contributed by atoms with Crippen molar-refractivity contribution >= 4 is 35.3 Å². The van der Waals surface area contributed by atoms with Gasteiger partial charge in [0.15, 0.2) is 0 Å². The molecule has 134 valence electrons. The third-order valence-corrected chi connectivity index (χ3v) is 4.63. The van der Waals surface area contributed by atoms with Crippen molar-refractivity contribution in [2.24, 2.45) is 0 Å². The lowest BCUT2D eigenvalue weighted by atomic mass is 10.1. The number of fused-ring (bicyclic) bond motifs is 1. The Hall–Kier alpha value is -2.85. The number of carbonyl (C=O) groups excluding carboxylic acids is 3. The minimum atomic E-state index is -0.748. The largest absolute Gasteiger partial charge is 0.401 e. The molecule has 1 aromatic heterocycles. The molecule has 0 unspecified atom stereocenters. The van der Waals surface area contributed by atoms with Crippen molar-refractivity contribution < 1.29 is 23.9 Å². The number of morpholine rings is 1. The summed E-state index contributed by atoms with van der Waals surface area (Å²) in [5.74, 6) is -1.21. The molecule has 4 rings (SSSR count). The van der Waals surface area contributed by atoms with Crippen LogP contribution in [0.3, 0.4) is 0 Å². The van der Waals surface area contributed by atoms with Crippen molar-refractivity contribution in [1.29, 1.82) is 0 Å². The second-order valence-electron chi connectivity index (χ2n) is 5.71. The summed E-state index contributed by atoms with van der Waals surface area (Å²) in [4.78, 5) is 39.7. The van der Waals surface area contributed by atoms with Gasteiger partial charge in [-0.25, -0.2) is 4.79 Å². The number of aromatic nitrogens is 2. The number of carbonyl (C=O) groups is 3. The van der Waals surface area contributed by atoms with Gasteiger partial charge in [-0.3, -0.25) is 14.5 Å². The average molecular weight is 374 g/mol. The summed E-state index contributed by atoms with van der Waals surface area (Å²) >= 11 is 0.928. The number of anilines is 1. The summed E-state index contributed by atoms with van der Waals surface area (Å²) < 4.78 is 18.7. The fraction of sp³-hybridized carbons (Fsp3) is 0.312. The lowest BCUT2D eigenvalue weighted by molar-refractivity contribution is -0.134. The molecule has 0 N–H and O–H groups in total. The molecule has 1 fully saturated rings. The molecule has 1 saturated heterocycles. The van der Waals surface area contributed by atoms with Crippen molar-refractivity contribution in [3.05, 3.63) is 35.4 Å². The number of esters is 1. The zero-order chi connectivity index (χ0) is 18.1. The Bertz CT molecular complexity index is 842. The van der Waals surface area contributed by atoms with Crippen molar-refractivity contribution in [2.45, 2.75) is 0 Å². The number of hydrogen-bond acceptors (Lipinski definition) is 9. The molecule has 0 bridgehead atoms. The molecule has 0 radical (unpaired) electrons. The van der Waals surface area contributed by atoms with Gasteiger partial charge in [0.2, 0.25) is 5.82 Å². The highest BCUT2D eigenvalue weighted by Gasteiger charge is 2.37. The molecule has 2 amide bonds. The molecular weight excluding hydrogens is 360 g/mol. The van der Waals surface area contributed by atoms with Gasteiger partial charge >= 0.3 is 5.97 Å². The molecule has 0 atom stereocenters. The Balaban J connectivity index is 1.45. The van der Waals surface area contributed by atoms with Crippen LogP contribution in [-0.4, -0.2) is 64.3 Å². The summed E-state index contributed by atoms with van der Waals surface area (Å²) in [5, 5.41) is 0. The molecule has 10 heteroatoms. The maximum absolute atomic E-state index is 12.3. The number of ether oxygens (including phenoxy) is 2. The summed E-state index contributed by atoms with van der Waals surface area (Å²) in [7, 11) is 0. The predicted molar refractivity (Wildman–Crippen MR) is 90.4 cm³/mol. The number of hydrogen-bond donors (Lipinski definition) is 0. The highest BCUT2D eigenvalue weighted by Crippen LogP contribution is 2.27. The van der Waals surface area contributed by atoms with Gasteiger partial charge in [0.1, 0.15) is 6.54 Å². The van der Waals surface area contributed by atoms with Gasteiger partial charge in [-0.2, -0.15) is 4.37 Å². The monoisotopic (exact) mass is 374 g/mol. The lowest BCUT2D eigenvalue weighted by Crippen LogP contribution is -2.38. The molecule has 9 nitrogen and oxygen atoms in total. The van der Waals surface area contributed by atoms with E-state index in [-0.39, 0.29) is 17.0 Å². The molecule has 2 aromatic rings. The van der Waals surface area contributed by atoms with Gasteiger partial charge in [-0.05, 0) is 12.1 Å². The van der Waals surface area contributed by atoms with Gasteiger partial charge in [0, 0.05) is 13.1 Å². The zero-order valence-electron chi connectivity index (χ0n) is 13.6. The van der Waals surface area contributed by atoms with E-state index in [9.17, 15) is 14.4 Å². The van der Waals surface area contributed by atoms with Crippen LogP contribution in [0.2, 0.25) is 0 Å². The van der Waals surface area contributed by atoms with Gasteiger partial charge in [0.05, 0.1) is 36.1 Å². The van der Waals surface area contributed by atoms with E-state index in [1.165, 1.54) is 0 Å². The van der Waals surface area contributed by atoms with Crippen LogP contribution in [0.25, 0.3) is 0 Å². The Kier molecular flexibility index (Phi) is 4.35. The minimum absolute atomic E-state index is 0.0820. The molecule has 0 aliphatic carbocycles. The topological polar surface area (TPSA) is 102 Å². The Morgan fingerprint density at radius 1 is 1.12 bits per heavy atom. The first kappa shape index (κ1) is 16.6. The Morgan fingerprint density at radius 2 is 1.77 bits per heavy atom. The molecule has 0 saturated carbocycles. The molecule has 26 heavy (non-hydrogen) atoms. The molecular formula is C16H14N4O5S. The molecule has 2 aliphatic rings. The predicted octanol–water partition coefficient (Wildman–Crippen LogP) is 0.576. The molecule has 0 spiro atoms. The van der Waals surface area contributed by atoms with Gasteiger partial charge < -0.3 is 14.4 Å². The number of nitrogens with zero attached hydrogens (tertiary/aromatic N) is 4. The van der Waals surface area contributed by atoms with E-state index in [0.717, 1.165) is 16.6 Å². The van der Waals surface area contributed by atoms with Crippen LogP contribution < -0.4 is 9.64 Å². The smallest absolute Gasteiger partial charge is 0.333 e. The number of imide groups is 1. The van der Waals surface area contributed by atoms with Gasteiger partial charge in [-0.15, -0.1) is 4.37 Å². The highest BCUT2D eigenvalue weighted by molar-refractivity contribution is 6.99. The molecule has 2 aliphatic heterocycles. The maximum atomic E-state index is 12.3. The first-order valence-corrected chi connectivity index (χ1v) is 8.69. The fourth-order valence-corrected chi connectivity index (χ4v) is 3.37. The van der Waals surface area contributed by atoms with Crippen molar-refractivity contribution in [2.75, 3.05) is 37.7 Å². The second-order valence-corrected chi connectivity index (χ2v) is 6.24. The SMILES string of the molecule is O=C(CN1C(=O)c2ccccc2C1=O)Oc1nsnc1N1CCOCC1. The van der Waals surface area contributed by atoms with E-state index in [1.807, 2.05) is 4.90 Å². The average Bonchev–Trinajstić information content (AvgIpc) is 3.22. The van der Waals surface area contributed by atoms with Crippen molar-refractivity contribution in [1.82, 2.24) is 13.6 Å². The third kappa shape index (κ3) is 2.93. The van der Waals surface area contributed by atoms with E-state index in [1.54, 1.807) is 24.3 Å². The van der Waals surface area contributed by atoms with Crippen LogP contribution >= 0.6 is 11.7 Å². The highest BCUT2D eigenvalue weighted by atomic mass is 32.1. The van der Waals surface area contributed by atoms with Crippen molar-refractivity contribution in [3.63, 3.8) is 0 Å². The van der Waals surface area contributed by atoms with Crippen LogP contribution in [0.15, 0.2) is 24.3 Å². The standard InChI is InChI=1S/C16H14N4O5S/c21-12(9-20-15(22)10-3-1-2-4-11(10)16(20)23)25-14-13(17-26-18-14)19-5-7-24-8-6-19/h1-4H,5-9H2. The summed E-state index contributed by atoms with van der Waals surface area (Å²) in [6.07, 6.45) is 0. The number of amides is 2. The summed E-state index contributed by atoms with van der Waals surface area (Å²) in [6.45, 7) is 1.87. The van der Waals surface area contributed by atoms with Crippen LogP contribution in [0.4, 0.5) is 5.82 Å². The second kappa shape index (κ2) is 6.81. The van der Waals surface area contributed by atoms with Crippen LogP contribution in [0, 0.1) is 0 Å². The van der Waals surface area contributed by atoms with Crippen LogP contribution in [0.1, 0.15) is 20.7 Å². The lowest BCUT2D eigenvalue weighted by Gasteiger charge is -2.26. The molecule has 3 heterocycles. The third-order valence-electron chi connectivity index (χ3n) is 4.13. The first-order chi connectivity index (χ1) is 12.6. The summed E-state index contributed by atoms with van der Waals surface area (Å²) in [6, 6.07) is 6.45. The first-order valence-electron chi connectivity index (χ1n) is 7.96. The normalized spacial score (nSPS) is 16.8. The van der Waals surface area contributed by atoms with Gasteiger partial charge in [-0.1, -0.05) is 12.1 Å². The van der Waals surface area contributed by atoms with Crippen LogP contribution in [0.5, 0.6) is 5.88 Å². The Morgan fingerprint density at radius 3 is 2.42 bits per heavy atom. The van der Waals surface area contributed by atoms with E-state index < -0.39 is 24.3 Å². The Labute approximate surface area is 152 Å². The molecule has 1 aromatic carbocycles. The number of rotatable bonds is 4. The van der Waals surface area contributed by atoms with E-state index >= 15 is 0 Å². The van der Waals surface area contributed by atoms with Gasteiger partial charge in [0.25, 0.3) is 17.7 Å². The van der Waals surface area contributed by atoms with E-state index in [0.29, 0.717) is 32.1 Å². The van der Waals surface area contributed by atoms with E-state index in [2.05, 4.69) is 8.75 Å². The summed E-state index contributed by atoms with van der Waals surface area (Å²) in [5.41, 5.74) is 0.573. The zero-order valence-corrected chi connectivity index (χ0v) is 14.4. The fourth-order valence-electron chi connectivity index (χ4n) is 2.86. The van der Waals surface area contributed by atoms with Crippen LogP contribution in [-0.2, 0) is 9.53 Å². The number of benzene rings is 1.